The van der Waals surface area contributed by atoms with E-state index in [9.17, 15) is 9.59 Å². The molecular weight excluding hydrogens is 264 g/mol. The van der Waals surface area contributed by atoms with Crippen LogP contribution in [0, 0.1) is 23.7 Å². The van der Waals surface area contributed by atoms with Crippen molar-refractivity contribution in [2.45, 2.75) is 51.9 Å². The summed E-state index contributed by atoms with van der Waals surface area (Å²) in [5.41, 5.74) is 0. The first-order valence-electron chi connectivity index (χ1n) is 7.24. The summed E-state index contributed by atoms with van der Waals surface area (Å²) in [6, 6.07) is 0. The number of aliphatic carboxylic acids is 1. The fourth-order valence-corrected chi connectivity index (χ4v) is 1.41. The predicted octanol–water partition coefficient (Wildman–Crippen LogP) is 3.51. The Bertz CT molecular complexity index is 490. The monoisotopic (exact) mass is 286 g/mol. The van der Waals surface area contributed by atoms with E-state index in [1.807, 2.05) is 6.08 Å². The molecule has 0 rings (SSSR count). The normalized spacial score (nSPS) is 9.95. The maximum atomic E-state index is 11.2. The van der Waals surface area contributed by atoms with Crippen molar-refractivity contribution in [1.82, 2.24) is 0 Å². The number of carbonyl (C=O) groups is 2. The minimum Gasteiger partial charge on any atom is -0.478 e. The molecule has 21 heavy (non-hydrogen) atoms. The number of allylic oxidation sites excluding steroid dienone is 3. The van der Waals surface area contributed by atoms with E-state index in [-0.39, 0.29) is 5.78 Å². The number of carbonyl (C=O) groups excluding carboxylic acids is 1. The predicted molar refractivity (Wildman–Crippen MR) is 84.5 cm³/mol. The van der Waals surface area contributed by atoms with E-state index < -0.39 is 5.97 Å². The van der Waals surface area contributed by atoms with Crippen LogP contribution in [-0.4, -0.2) is 16.9 Å². The highest BCUT2D eigenvalue weighted by molar-refractivity contribution is 5.95. The van der Waals surface area contributed by atoms with Crippen LogP contribution in [0.1, 0.15) is 51.9 Å². The second-order valence-electron chi connectivity index (χ2n) is 4.46. The Morgan fingerprint density at radius 1 is 1.10 bits per heavy atom. The molecule has 0 saturated carbocycles. The Hall–Kier alpha value is -2.26. The molecule has 0 amide bonds. The van der Waals surface area contributed by atoms with Crippen molar-refractivity contribution in [3.05, 3.63) is 24.3 Å². The molecule has 0 radical (unpaired) electrons. The minimum atomic E-state index is -1.10. The number of carboxylic acids is 1. The van der Waals surface area contributed by atoms with Crippen LogP contribution in [0.5, 0.6) is 0 Å². The van der Waals surface area contributed by atoms with Crippen molar-refractivity contribution >= 4 is 11.8 Å². The van der Waals surface area contributed by atoms with E-state index in [1.54, 1.807) is 0 Å². The van der Waals surface area contributed by atoms with Gasteiger partial charge in [-0.05, 0) is 43.3 Å². The molecule has 0 aliphatic rings. The molecule has 3 heteroatoms. The van der Waals surface area contributed by atoms with Gasteiger partial charge >= 0.3 is 5.97 Å². The zero-order valence-electron chi connectivity index (χ0n) is 12.5. The lowest BCUT2D eigenvalue weighted by Crippen LogP contribution is -1.95. The third-order valence-corrected chi connectivity index (χ3v) is 2.54. The average Bonchev–Trinajstić information content (AvgIpc) is 2.46. The van der Waals surface area contributed by atoms with Gasteiger partial charge in [-0.25, -0.2) is 4.79 Å². The van der Waals surface area contributed by atoms with E-state index >= 15 is 0 Å². The molecule has 0 bridgehead atoms. The molecule has 0 aromatic heterocycles. The van der Waals surface area contributed by atoms with E-state index in [4.69, 9.17) is 5.11 Å². The largest absolute Gasteiger partial charge is 0.478 e. The van der Waals surface area contributed by atoms with E-state index in [2.05, 4.69) is 36.7 Å². The van der Waals surface area contributed by atoms with E-state index in [0.717, 1.165) is 25.0 Å². The van der Waals surface area contributed by atoms with Gasteiger partial charge in [0.25, 0.3) is 0 Å². The quantitative estimate of drug-likeness (QED) is 0.401. The Labute approximate surface area is 127 Å². The second-order valence-corrected chi connectivity index (χ2v) is 4.46. The first-order valence-corrected chi connectivity index (χ1v) is 7.24. The molecule has 0 heterocycles. The van der Waals surface area contributed by atoms with Crippen LogP contribution in [0.15, 0.2) is 24.3 Å². The van der Waals surface area contributed by atoms with Crippen LogP contribution >= 0.6 is 0 Å². The minimum absolute atomic E-state index is 0.164. The van der Waals surface area contributed by atoms with Gasteiger partial charge in [0.05, 0.1) is 0 Å². The van der Waals surface area contributed by atoms with Gasteiger partial charge in [0, 0.05) is 18.9 Å². The number of rotatable bonds is 9. The molecule has 0 atom stereocenters. The van der Waals surface area contributed by atoms with Gasteiger partial charge in [-0.15, -0.1) is 0 Å². The Morgan fingerprint density at radius 2 is 1.90 bits per heavy atom. The molecule has 0 saturated heterocycles. The maximum absolute atomic E-state index is 11.2. The summed E-state index contributed by atoms with van der Waals surface area (Å²) in [5, 5.41) is 8.36. The maximum Gasteiger partial charge on any atom is 0.328 e. The van der Waals surface area contributed by atoms with Crippen molar-refractivity contribution in [3.63, 3.8) is 0 Å². The van der Waals surface area contributed by atoms with Crippen LogP contribution in [0.3, 0.4) is 0 Å². The molecular formula is C18H22O3. The van der Waals surface area contributed by atoms with Crippen LogP contribution in [0.2, 0.25) is 0 Å². The smallest absolute Gasteiger partial charge is 0.328 e. The van der Waals surface area contributed by atoms with Gasteiger partial charge in [-0.1, -0.05) is 37.7 Å². The molecule has 0 unspecified atom stereocenters. The molecule has 1 N–H and O–H groups in total. The van der Waals surface area contributed by atoms with Gasteiger partial charge < -0.3 is 5.11 Å². The molecule has 112 valence electrons. The fourth-order valence-electron chi connectivity index (χ4n) is 1.41. The van der Waals surface area contributed by atoms with Gasteiger partial charge in [-0.3, -0.25) is 4.79 Å². The molecule has 0 spiro atoms. The Balaban J connectivity index is 3.66. The third-order valence-electron chi connectivity index (χ3n) is 2.54. The van der Waals surface area contributed by atoms with Crippen LogP contribution in [0.4, 0.5) is 0 Å². The number of ketones is 1. The summed E-state index contributed by atoms with van der Waals surface area (Å²) in [4.78, 5) is 21.4. The van der Waals surface area contributed by atoms with E-state index in [1.165, 1.54) is 12.8 Å². The lowest BCUT2D eigenvalue weighted by atomic mass is 10.1. The number of hydrogen-bond donors (Lipinski definition) is 1. The topological polar surface area (TPSA) is 54.4 Å². The summed E-state index contributed by atoms with van der Waals surface area (Å²) < 4.78 is 0. The number of hydrogen-bond acceptors (Lipinski definition) is 2. The lowest BCUT2D eigenvalue weighted by Gasteiger charge is -1.92. The van der Waals surface area contributed by atoms with Crippen molar-refractivity contribution in [3.8, 4) is 23.7 Å². The standard InChI is InChI=1S/C18H22O3/c1-2-3-4-5-6-7-8-9-10-11-12-13-14-17(19)15-16-18(20)21/h5-6,15-16H,2-4,11-14H2,1H3,(H,20,21). The number of unbranched alkanes of at least 4 members (excludes halogenated alkanes) is 4. The highest BCUT2D eigenvalue weighted by Gasteiger charge is 1.97. The first-order chi connectivity index (χ1) is 10.2. The van der Waals surface area contributed by atoms with Gasteiger partial charge in [0.2, 0.25) is 0 Å². The van der Waals surface area contributed by atoms with E-state index in [0.29, 0.717) is 19.3 Å². The molecule has 3 nitrogen and oxygen atoms in total. The van der Waals surface area contributed by atoms with Gasteiger partial charge in [0.15, 0.2) is 5.78 Å². The Morgan fingerprint density at radius 3 is 2.62 bits per heavy atom. The summed E-state index contributed by atoms with van der Waals surface area (Å²) in [7, 11) is 0. The van der Waals surface area contributed by atoms with Crippen LogP contribution < -0.4 is 0 Å². The highest BCUT2D eigenvalue weighted by atomic mass is 16.4. The van der Waals surface area contributed by atoms with Gasteiger partial charge in [-0.2, -0.15) is 0 Å². The summed E-state index contributed by atoms with van der Waals surface area (Å²) in [5.74, 6) is 10.0. The molecule has 0 fully saturated rings. The molecule has 0 aromatic rings. The summed E-state index contributed by atoms with van der Waals surface area (Å²) >= 11 is 0. The number of carboxylic acid groups (broad SMARTS) is 1. The van der Waals surface area contributed by atoms with Crippen molar-refractivity contribution < 1.29 is 14.7 Å². The van der Waals surface area contributed by atoms with Crippen molar-refractivity contribution in [1.29, 1.82) is 0 Å². The van der Waals surface area contributed by atoms with Gasteiger partial charge in [0.1, 0.15) is 0 Å². The molecule has 0 aliphatic carbocycles. The first kappa shape index (κ1) is 18.7. The van der Waals surface area contributed by atoms with Crippen molar-refractivity contribution in [2.75, 3.05) is 0 Å². The summed E-state index contributed by atoms with van der Waals surface area (Å²) in [6.45, 7) is 2.15. The van der Waals surface area contributed by atoms with Crippen molar-refractivity contribution in [2.24, 2.45) is 0 Å². The third kappa shape index (κ3) is 15.7. The fraction of sp³-hybridized carbons (Fsp3) is 0.444. The SMILES string of the molecule is CCCCC=CC#CC#CCCCCC(=O)C=CC(=O)O. The Kier molecular flexibility index (Phi) is 12.6. The van der Waals surface area contributed by atoms with Crippen LogP contribution in [-0.2, 0) is 9.59 Å². The highest BCUT2D eigenvalue weighted by Crippen LogP contribution is 2.00. The summed E-state index contributed by atoms with van der Waals surface area (Å²) in [6.07, 6.45) is 11.9. The second kappa shape index (κ2) is 14.2. The average molecular weight is 286 g/mol. The molecule has 0 aliphatic heterocycles. The van der Waals surface area contributed by atoms with Crippen LogP contribution in [0.25, 0.3) is 0 Å². The zero-order chi connectivity index (χ0) is 15.8. The zero-order valence-corrected chi connectivity index (χ0v) is 12.5. The lowest BCUT2D eigenvalue weighted by molar-refractivity contribution is -0.131. The molecule has 0 aromatic carbocycles.